The van der Waals surface area contributed by atoms with Crippen molar-refractivity contribution >= 4 is 17.4 Å². The van der Waals surface area contributed by atoms with Crippen LogP contribution in [0.15, 0.2) is 18.3 Å². The molecule has 1 aliphatic heterocycles. The Bertz CT molecular complexity index is 309. The third-order valence-electron chi connectivity index (χ3n) is 2.77. The Kier molecular flexibility index (Phi) is 4.43. The van der Waals surface area contributed by atoms with Gasteiger partial charge in [0.15, 0.2) is 0 Å². The lowest BCUT2D eigenvalue weighted by Gasteiger charge is -2.22. The van der Waals surface area contributed by atoms with Crippen LogP contribution in [0.5, 0.6) is 0 Å². The number of pyridine rings is 1. The lowest BCUT2D eigenvalue weighted by atomic mass is 10.1. The van der Waals surface area contributed by atoms with Gasteiger partial charge in [-0.1, -0.05) is 11.6 Å². The molecule has 1 atom stereocenters. The van der Waals surface area contributed by atoms with Crippen LogP contribution in [0.4, 0.5) is 5.82 Å². The van der Waals surface area contributed by atoms with Gasteiger partial charge in [-0.2, -0.15) is 0 Å². The zero-order valence-electron chi connectivity index (χ0n) is 9.29. The quantitative estimate of drug-likeness (QED) is 0.878. The Labute approximate surface area is 101 Å². The van der Waals surface area contributed by atoms with Crippen molar-refractivity contribution in [3.05, 3.63) is 23.4 Å². The Balaban J connectivity index is 1.69. The summed E-state index contributed by atoms with van der Waals surface area (Å²) in [5, 5.41) is 3.94. The zero-order valence-corrected chi connectivity index (χ0v) is 10.0. The van der Waals surface area contributed by atoms with Crippen LogP contribution in [0.3, 0.4) is 0 Å². The Morgan fingerprint density at radius 3 is 3.06 bits per heavy atom. The monoisotopic (exact) mass is 240 g/mol. The standard InChI is InChI=1S/C12H17ClN2O/c13-10-4-5-12(15-9-10)14-7-6-11-3-1-2-8-16-11/h4-5,9,11H,1-3,6-8H2,(H,14,15). The largest absolute Gasteiger partial charge is 0.378 e. The molecule has 1 aliphatic rings. The zero-order chi connectivity index (χ0) is 11.2. The number of hydrogen-bond acceptors (Lipinski definition) is 3. The van der Waals surface area contributed by atoms with Crippen molar-refractivity contribution in [2.24, 2.45) is 0 Å². The first-order chi connectivity index (χ1) is 7.84. The maximum atomic E-state index is 5.76. The van der Waals surface area contributed by atoms with Gasteiger partial charge in [0.1, 0.15) is 5.82 Å². The van der Waals surface area contributed by atoms with Gasteiger partial charge in [-0.05, 0) is 37.8 Å². The van der Waals surface area contributed by atoms with Crippen molar-refractivity contribution in [3.8, 4) is 0 Å². The SMILES string of the molecule is Clc1ccc(NCCC2CCCCO2)nc1. The second kappa shape index (κ2) is 6.06. The molecule has 1 unspecified atom stereocenters. The van der Waals surface area contributed by atoms with Gasteiger partial charge in [0.2, 0.25) is 0 Å². The molecule has 2 rings (SSSR count). The first kappa shape index (κ1) is 11.7. The minimum absolute atomic E-state index is 0.425. The van der Waals surface area contributed by atoms with Crippen LogP contribution in [-0.2, 0) is 4.74 Å². The highest BCUT2D eigenvalue weighted by Gasteiger charge is 2.12. The highest BCUT2D eigenvalue weighted by atomic mass is 35.5. The average Bonchev–Trinajstić information content (AvgIpc) is 2.33. The summed E-state index contributed by atoms with van der Waals surface area (Å²) in [5.41, 5.74) is 0. The van der Waals surface area contributed by atoms with E-state index in [0.717, 1.165) is 25.4 Å². The second-order valence-corrected chi connectivity index (χ2v) is 4.50. The van der Waals surface area contributed by atoms with E-state index in [0.29, 0.717) is 11.1 Å². The Morgan fingerprint density at radius 1 is 1.44 bits per heavy atom. The van der Waals surface area contributed by atoms with Gasteiger partial charge >= 0.3 is 0 Å². The van der Waals surface area contributed by atoms with Gasteiger partial charge in [-0.3, -0.25) is 0 Å². The number of nitrogens with one attached hydrogen (secondary N) is 1. The minimum atomic E-state index is 0.425. The van der Waals surface area contributed by atoms with E-state index in [1.54, 1.807) is 6.20 Å². The molecule has 0 bridgehead atoms. The van der Waals surface area contributed by atoms with Crippen LogP contribution in [-0.4, -0.2) is 24.2 Å². The molecule has 1 fully saturated rings. The van der Waals surface area contributed by atoms with E-state index in [2.05, 4.69) is 10.3 Å². The first-order valence-corrected chi connectivity index (χ1v) is 6.19. The van der Waals surface area contributed by atoms with Crippen molar-refractivity contribution in [2.75, 3.05) is 18.5 Å². The highest BCUT2D eigenvalue weighted by Crippen LogP contribution is 2.16. The van der Waals surface area contributed by atoms with Crippen molar-refractivity contribution in [1.82, 2.24) is 4.98 Å². The lowest BCUT2D eigenvalue weighted by molar-refractivity contribution is 0.0134. The van der Waals surface area contributed by atoms with E-state index in [9.17, 15) is 0 Å². The van der Waals surface area contributed by atoms with Crippen LogP contribution >= 0.6 is 11.6 Å². The molecule has 16 heavy (non-hydrogen) atoms. The minimum Gasteiger partial charge on any atom is -0.378 e. The molecule has 0 aliphatic carbocycles. The van der Waals surface area contributed by atoms with Gasteiger partial charge in [-0.25, -0.2) is 4.98 Å². The molecule has 0 saturated carbocycles. The molecule has 4 heteroatoms. The summed E-state index contributed by atoms with van der Waals surface area (Å²) < 4.78 is 5.65. The fourth-order valence-electron chi connectivity index (χ4n) is 1.88. The molecule has 3 nitrogen and oxygen atoms in total. The molecule has 0 radical (unpaired) electrons. The molecular formula is C12H17ClN2O. The summed E-state index contributed by atoms with van der Waals surface area (Å²) >= 11 is 5.76. The van der Waals surface area contributed by atoms with E-state index < -0.39 is 0 Å². The third kappa shape index (κ3) is 3.65. The molecule has 2 heterocycles. The van der Waals surface area contributed by atoms with Crippen LogP contribution in [0.1, 0.15) is 25.7 Å². The van der Waals surface area contributed by atoms with E-state index >= 15 is 0 Å². The van der Waals surface area contributed by atoms with E-state index in [1.165, 1.54) is 19.3 Å². The molecule has 0 amide bonds. The third-order valence-corrected chi connectivity index (χ3v) is 3.00. The summed E-state index contributed by atoms with van der Waals surface area (Å²) in [4.78, 5) is 4.18. The summed E-state index contributed by atoms with van der Waals surface area (Å²) in [6, 6.07) is 3.73. The van der Waals surface area contributed by atoms with Crippen LogP contribution < -0.4 is 5.32 Å². The number of aromatic nitrogens is 1. The molecule has 1 aromatic heterocycles. The predicted molar refractivity (Wildman–Crippen MR) is 65.9 cm³/mol. The maximum Gasteiger partial charge on any atom is 0.125 e. The van der Waals surface area contributed by atoms with Gasteiger partial charge in [0, 0.05) is 19.3 Å². The number of anilines is 1. The fraction of sp³-hybridized carbons (Fsp3) is 0.583. The predicted octanol–water partition coefficient (Wildman–Crippen LogP) is 3.11. The fourth-order valence-corrected chi connectivity index (χ4v) is 1.99. The van der Waals surface area contributed by atoms with Gasteiger partial charge < -0.3 is 10.1 Å². The lowest BCUT2D eigenvalue weighted by Crippen LogP contribution is -2.22. The van der Waals surface area contributed by atoms with Crippen molar-refractivity contribution in [2.45, 2.75) is 31.8 Å². The number of hydrogen-bond donors (Lipinski definition) is 1. The first-order valence-electron chi connectivity index (χ1n) is 5.81. The molecular weight excluding hydrogens is 224 g/mol. The maximum absolute atomic E-state index is 5.76. The summed E-state index contributed by atoms with van der Waals surface area (Å²) in [5.74, 6) is 0.875. The van der Waals surface area contributed by atoms with E-state index in [1.807, 2.05) is 12.1 Å². The number of rotatable bonds is 4. The van der Waals surface area contributed by atoms with Gasteiger partial charge in [0.05, 0.1) is 11.1 Å². The number of halogens is 1. The smallest absolute Gasteiger partial charge is 0.125 e. The van der Waals surface area contributed by atoms with Crippen LogP contribution in [0, 0.1) is 0 Å². The number of nitrogens with zero attached hydrogens (tertiary/aromatic N) is 1. The van der Waals surface area contributed by atoms with E-state index in [4.69, 9.17) is 16.3 Å². The molecule has 1 aromatic rings. The van der Waals surface area contributed by atoms with Crippen molar-refractivity contribution in [3.63, 3.8) is 0 Å². The Morgan fingerprint density at radius 2 is 2.38 bits per heavy atom. The van der Waals surface area contributed by atoms with Crippen molar-refractivity contribution in [1.29, 1.82) is 0 Å². The second-order valence-electron chi connectivity index (χ2n) is 4.07. The van der Waals surface area contributed by atoms with Crippen LogP contribution in [0.2, 0.25) is 5.02 Å². The number of ether oxygens (including phenoxy) is 1. The molecule has 1 N–H and O–H groups in total. The molecule has 0 spiro atoms. The summed E-state index contributed by atoms with van der Waals surface area (Å²) in [6.07, 6.45) is 6.82. The summed E-state index contributed by atoms with van der Waals surface area (Å²) in [6.45, 7) is 1.82. The molecule has 1 saturated heterocycles. The topological polar surface area (TPSA) is 34.1 Å². The molecule has 88 valence electrons. The van der Waals surface area contributed by atoms with E-state index in [-0.39, 0.29) is 0 Å². The van der Waals surface area contributed by atoms with Gasteiger partial charge in [0.25, 0.3) is 0 Å². The molecule has 0 aromatic carbocycles. The normalized spacial score (nSPS) is 20.7. The highest BCUT2D eigenvalue weighted by molar-refractivity contribution is 6.30. The summed E-state index contributed by atoms with van der Waals surface area (Å²) in [7, 11) is 0. The Hall–Kier alpha value is -0.800. The van der Waals surface area contributed by atoms with Gasteiger partial charge in [-0.15, -0.1) is 0 Å². The van der Waals surface area contributed by atoms with Crippen molar-refractivity contribution < 1.29 is 4.74 Å². The average molecular weight is 241 g/mol. The van der Waals surface area contributed by atoms with Crippen LogP contribution in [0.25, 0.3) is 0 Å².